The molecule has 3 nitrogen and oxygen atoms in total. The van der Waals surface area contributed by atoms with Crippen molar-refractivity contribution >= 4 is 15.9 Å². The van der Waals surface area contributed by atoms with Gasteiger partial charge < -0.3 is 9.94 Å². The first-order valence-corrected chi connectivity index (χ1v) is 5.48. The SMILES string of the molecule is Cc1cc(OCC2CC2)c(Br)c[n+]1[O-]. The van der Waals surface area contributed by atoms with Crippen LogP contribution in [0.5, 0.6) is 5.75 Å². The molecular formula is C10H12BrNO2. The van der Waals surface area contributed by atoms with Gasteiger partial charge in [0, 0.05) is 13.0 Å². The van der Waals surface area contributed by atoms with E-state index in [1.54, 1.807) is 13.0 Å². The summed E-state index contributed by atoms with van der Waals surface area (Å²) in [6.45, 7) is 2.53. The van der Waals surface area contributed by atoms with E-state index in [9.17, 15) is 5.21 Å². The van der Waals surface area contributed by atoms with Crippen LogP contribution in [0.1, 0.15) is 18.5 Å². The Labute approximate surface area is 91.4 Å². The average molecular weight is 258 g/mol. The Morgan fingerprint density at radius 1 is 1.64 bits per heavy atom. The van der Waals surface area contributed by atoms with Gasteiger partial charge >= 0.3 is 0 Å². The Morgan fingerprint density at radius 2 is 2.36 bits per heavy atom. The van der Waals surface area contributed by atoms with Crippen LogP contribution in [0.3, 0.4) is 0 Å². The third-order valence-corrected chi connectivity index (χ3v) is 2.92. The Balaban J connectivity index is 2.10. The summed E-state index contributed by atoms with van der Waals surface area (Å²) >= 11 is 3.31. The van der Waals surface area contributed by atoms with E-state index in [0.29, 0.717) is 5.69 Å². The molecule has 2 rings (SSSR count). The monoisotopic (exact) mass is 257 g/mol. The molecule has 0 spiro atoms. The van der Waals surface area contributed by atoms with E-state index >= 15 is 0 Å². The van der Waals surface area contributed by atoms with Crippen molar-refractivity contribution < 1.29 is 9.47 Å². The van der Waals surface area contributed by atoms with Crippen LogP contribution in [0.25, 0.3) is 0 Å². The average Bonchev–Trinajstić information content (AvgIpc) is 2.92. The maximum Gasteiger partial charge on any atom is 0.198 e. The molecule has 1 aromatic rings. The molecular weight excluding hydrogens is 246 g/mol. The van der Waals surface area contributed by atoms with Crippen molar-refractivity contribution in [2.75, 3.05) is 6.61 Å². The number of halogens is 1. The molecule has 14 heavy (non-hydrogen) atoms. The lowest BCUT2D eigenvalue weighted by Gasteiger charge is -2.08. The molecule has 0 unspecified atom stereocenters. The molecule has 0 bridgehead atoms. The largest absolute Gasteiger partial charge is 0.618 e. The predicted molar refractivity (Wildman–Crippen MR) is 56.1 cm³/mol. The Bertz CT molecular complexity index is 350. The van der Waals surface area contributed by atoms with Crippen LogP contribution < -0.4 is 9.47 Å². The van der Waals surface area contributed by atoms with Crippen molar-refractivity contribution in [1.29, 1.82) is 0 Å². The summed E-state index contributed by atoms with van der Waals surface area (Å²) < 4.78 is 7.15. The normalized spacial score (nSPS) is 15.6. The van der Waals surface area contributed by atoms with Gasteiger partial charge in [0.2, 0.25) is 0 Å². The van der Waals surface area contributed by atoms with E-state index in [4.69, 9.17) is 4.74 Å². The van der Waals surface area contributed by atoms with Gasteiger partial charge in [0.1, 0.15) is 10.2 Å². The third kappa shape index (κ3) is 2.18. The summed E-state index contributed by atoms with van der Waals surface area (Å²) in [6.07, 6.45) is 4.02. The van der Waals surface area contributed by atoms with Crippen molar-refractivity contribution in [2.24, 2.45) is 5.92 Å². The van der Waals surface area contributed by atoms with E-state index in [1.165, 1.54) is 19.0 Å². The molecule has 76 valence electrons. The molecule has 0 N–H and O–H groups in total. The smallest absolute Gasteiger partial charge is 0.198 e. The first-order valence-electron chi connectivity index (χ1n) is 4.69. The lowest BCUT2D eigenvalue weighted by molar-refractivity contribution is -0.613. The zero-order valence-electron chi connectivity index (χ0n) is 8.00. The van der Waals surface area contributed by atoms with Gasteiger partial charge in [-0.2, -0.15) is 4.73 Å². The summed E-state index contributed by atoms with van der Waals surface area (Å²) in [4.78, 5) is 0. The number of hydrogen-bond acceptors (Lipinski definition) is 2. The molecule has 0 atom stereocenters. The fourth-order valence-electron chi connectivity index (χ4n) is 1.19. The highest BCUT2D eigenvalue weighted by atomic mass is 79.9. The predicted octanol–water partition coefficient (Wildman–Crippen LogP) is 2.18. The summed E-state index contributed by atoms with van der Waals surface area (Å²) in [7, 11) is 0. The highest BCUT2D eigenvalue weighted by molar-refractivity contribution is 9.10. The molecule has 0 saturated heterocycles. The highest BCUT2D eigenvalue weighted by Crippen LogP contribution is 2.31. The minimum Gasteiger partial charge on any atom is -0.618 e. The fraction of sp³-hybridized carbons (Fsp3) is 0.500. The van der Waals surface area contributed by atoms with Crippen LogP contribution in [0, 0.1) is 18.0 Å². The van der Waals surface area contributed by atoms with Gasteiger partial charge in [0.25, 0.3) is 0 Å². The first kappa shape index (κ1) is 9.77. The number of nitrogens with zero attached hydrogens (tertiary/aromatic N) is 1. The Hall–Kier alpha value is -0.770. The van der Waals surface area contributed by atoms with Crippen LogP contribution in [-0.2, 0) is 0 Å². The second-order valence-electron chi connectivity index (χ2n) is 3.71. The zero-order valence-corrected chi connectivity index (χ0v) is 9.58. The number of aromatic nitrogens is 1. The summed E-state index contributed by atoms with van der Waals surface area (Å²) in [5, 5.41) is 11.2. The van der Waals surface area contributed by atoms with Gasteiger partial charge in [-0.1, -0.05) is 0 Å². The molecule has 0 aliphatic heterocycles. The van der Waals surface area contributed by atoms with Crippen LogP contribution in [-0.4, -0.2) is 6.61 Å². The van der Waals surface area contributed by atoms with Crippen molar-refractivity contribution in [3.05, 3.63) is 27.6 Å². The number of pyridine rings is 1. The van der Waals surface area contributed by atoms with Crippen LogP contribution in [0.2, 0.25) is 0 Å². The molecule has 1 aromatic heterocycles. The van der Waals surface area contributed by atoms with E-state index in [1.807, 2.05) is 0 Å². The number of aryl methyl sites for hydroxylation is 1. The second-order valence-corrected chi connectivity index (χ2v) is 4.56. The highest BCUT2D eigenvalue weighted by Gasteiger charge is 2.22. The number of rotatable bonds is 3. The molecule has 0 amide bonds. The van der Waals surface area contributed by atoms with E-state index < -0.39 is 0 Å². The first-order chi connectivity index (χ1) is 6.66. The standard InChI is InChI=1S/C10H12BrNO2/c1-7-4-10(9(11)5-12(7)13)14-6-8-2-3-8/h4-5,8H,2-3,6H2,1H3. The van der Waals surface area contributed by atoms with Gasteiger partial charge in [-0.05, 0) is 34.7 Å². The quantitative estimate of drug-likeness (QED) is 0.615. The van der Waals surface area contributed by atoms with Crippen LogP contribution in [0.15, 0.2) is 16.7 Å². The molecule has 4 heteroatoms. The molecule has 0 radical (unpaired) electrons. The van der Waals surface area contributed by atoms with Crippen molar-refractivity contribution in [3.8, 4) is 5.75 Å². The molecule has 1 heterocycles. The van der Waals surface area contributed by atoms with Crippen LogP contribution >= 0.6 is 15.9 Å². The van der Waals surface area contributed by atoms with E-state index in [2.05, 4.69) is 15.9 Å². The fourth-order valence-corrected chi connectivity index (χ4v) is 1.61. The Morgan fingerprint density at radius 3 is 3.00 bits per heavy atom. The number of hydrogen-bond donors (Lipinski definition) is 0. The molecule has 1 fully saturated rings. The van der Waals surface area contributed by atoms with Crippen molar-refractivity contribution in [2.45, 2.75) is 19.8 Å². The molecule has 1 saturated carbocycles. The maximum absolute atomic E-state index is 11.2. The van der Waals surface area contributed by atoms with Gasteiger partial charge in [-0.15, -0.1) is 0 Å². The second kappa shape index (κ2) is 3.77. The topological polar surface area (TPSA) is 36.2 Å². The number of ether oxygens (including phenoxy) is 1. The molecule has 0 aromatic carbocycles. The Kier molecular flexibility index (Phi) is 2.63. The summed E-state index contributed by atoms with van der Waals surface area (Å²) in [5.41, 5.74) is 0.652. The van der Waals surface area contributed by atoms with E-state index in [0.717, 1.165) is 27.5 Å². The maximum atomic E-state index is 11.2. The van der Waals surface area contributed by atoms with Gasteiger partial charge in [-0.3, -0.25) is 0 Å². The minimum absolute atomic E-state index is 0.652. The van der Waals surface area contributed by atoms with Gasteiger partial charge in [-0.25, -0.2) is 0 Å². The molecule has 1 aliphatic carbocycles. The van der Waals surface area contributed by atoms with Gasteiger partial charge in [0.15, 0.2) is 11.9 Å². The summed E-state index contributed by atoms with van der Waals surface area (Å²) in [6, 6.07) is 1.76. The van der Waals surface area contributed by atoms with Crippen molar-refractivity contribution in [3.63, 3.8) is 0 Å². The van der Waals surface area contributed by atoms with Crippen molar-refractivity contribution in [1.82, 2.24) is 0 Å². The lowest BCUT2D eigenvalue weighted by atomic mass is 10.3. The van der Waals surface area contributed by atoms with E-state index in [-0.39, 0.29) is 0 Å². The molecule has 1 aliphatic rings. The lowest BCUT2D eigenvalue weighted by Crippen LogP contribution is -2.29. The zero-order chi connectivity index (χ0) is 10.1. The third-order valence-electron chi connectivity index (χ3n) is 2.33. The van der Waals surface area contributed by atoms with Gasteiger partial charge in [0.05, 0.1) is 6.61 Å². The minimum atomic E-state index is 0.652. The van der Waals surface area contributed by atoms with Crippen LogP contribution in [0.4, 0.5) is 0 Å². The summed E-state index contributed by atoms with van der Waals surface area (Å²) in [5.74, 6) is 1.49.